The first-order valence-electron chi connectivity index (χ1n) is 5.68. The Bertz CT molecular complexity index is 200. The van der Waals surface area contributed by atoms with Gasteiger partial charge in [0.1, 0.15) is 0 Å². The van der Waals surface area contributed by atoms with Gasteiger partial charge in [-0.25, -0.2) is 0 Å². The monoisotopic (exact) mass is 162 g/mol. The average Bonchev–Trinajstić information content (AvgIpc) is 2.14. The summed E-state index contributed by atoms with van der Waals surface area (Å²) in [4.78, 5) is 0. The largest absolute Gasteiger partial charge is 0.0670 e. The Morgan fingerprint density at radius 3 is 1.67 bits per heavy atom. The average molecular weight is 162 g/mol. The normalized spacial score (nSPS) is 40.0. The first kappa shape index (κ1) is 7.17. The van der Waals surface area contributed by atoms with E-state index in [1.54, 1.807) is 0 Å². The smallest absolute Gasteiger partial charge is 0.0135 e. The van der Waals surface area contributed by atoms with Crippen LogP contribution in [0.4, 0.5) is 0 Å². The van der Waals surface area contributed by atoms with E-state index in [0.29, 0.717) is 0 Å². The standard InChI is InChI=1S/C12H18/c1-2-6-10-9(5-1)11-7-3-4-8-12(10)11/h9,11H,1-8H2. The predicted molar refractivity (Wildman–Crippen MR) is 50.9 cm³/mol. The van der Waals surface area contributed by atoms with Crippen LogP contribution >= 0.6 is 0 Å². The van der Waals surface area contributed by atoms with E-state index in [2.05, 4.69) is 0 Å². The molecule has 2 saturated carbocycles. The van der Waals surface area contributed by atoms with Crippen molar-refractivity contribution in [3.63, 3.8) is 0 Å². The van der Waals surface area contributed by atoms with Crippen LogP contribution in [0.5, 0.6) is 0 Å². The number of fused-ring (bicyclic) bond motifs is 3. The van der Waals surface area contributed by atoms with Gasteiger partial charge in [-0.1, -0.05) is 24.0 Å². The van der Waals surface area contributed by atoms with Crippen molar-refractivity contribution in [3.05, 3.63) is 11.1 Å². The molecule has 0 saturated heterocycles. The van der Waals surface area contributed by atoms with Crippen molar-refractivity contribution >= 4 is 0 Å². The van der Waals surface area contributed by atoms with Crippen molar-refractivity contribution in [1.82, 2.24) is 0 Å². The van der Waals surface area contributed by atoms with Crippen LogP contribution in [0.1, 0.15) is 51.4 Å². The predicted octanol–water partition coefficient (Wildman–Crippen LogP) is 3.68. The molecule has 0 radical (unpaired) electrons. The summed E-state index contributed by atoms with van der Waals surface area (Å²) in [7, 11) is 0. The Hall–Kier alpha value is -0.260. The molecule has 0 nitrogen and oxygen atoms in total. The van der Waals surface area contributed by atoms with Gasteiger partial charge in [0.15, 0.2) is 0 Å². The second kappa shape index (κ2) is 2.61. The van der Waals surface area contributed by atoms with Crippen molar-refractivity contribution in [3.8, 4) is 0 Å². The maximum atomic E-state index is 1.92. The lowest BCUT2D eigenvalue weighted by atomic mass is 9.57. The van der Waals surface area contributed by atoms with E-state index >= 15 is 0 Å². The SMILES string of the molecule is C1CCC2C(=C3CCCCC32)C1. The van der Waals surface area contributed by atoms with Gasteiger partial charge in [0.2, 0.25) is 0 Å². The van der Waals surface area contributed by atoms with Crippen LogP contribution in [0.15, 0.2) is 11.1 Å². The van der Waals surface area contributed by atoms with Gasteiger partial charge in [-0.05, 0) is 50.4 Å². The van der Waals surface area contributed by atoms with Gasteiger partial charge in [0.05, 0.1) is 0 Å². The minimum Gasteiger partial charge on any atom is -0.0670 e. The minimum absolute atomic E-state index is 1.08. The lowest BCUT2D eigenvalue weighted by Crippen LogP contribution is -2.35. The minimum atomic E-state index is 1.08. The highest BCUT2D eigenvalue weighted by atomic mass is 14.5. The maximum Gasteiger partial charge on any atom is -0.0135 e. The van der Waals surface area contributed by atoms with Crippen molar-refractivity contribution in [1.29, 1.82) is 0 Å². The molecular weight excluding hydrogens is 144 g/mol. The third kappa shape index (κ3) is 0.841. The lowest BCUT2D eigenvalue weighted by Gasteiger charge is -2.48. The molecule has 0 heterocycles. The molecule has 3 aliphatic rings. The molecule has 0 amide bonds. The molecule has 66 valence electrons. The van der Waals surface area contributed by atoms with E-state index in [0.717, 1.165) is 11.8 Å². The molecule has 2 atom stereocenters. The zero-order valence-electron chi connectivity index (χ0n) is 7.81. The summed E-state index contributed by atoms with van der Waals surface area (Å²) in [5.41, 5.74) is 3.84. The third-order valence-electron chi connectivity index (χ3n) is 4.22. The van der Waals surface area contributed by atoms with Gasteiger partial charge in [0, 0.05) is 0 Å². The Balaban J connectivity index is 1.88. The molecule has 0 aromatic carbocycles. The molecule has 3 aliphatic carbocycles. The summed E-state index contributed by atoms with van der Waals surface area (Å²) in [6.07, 6.45) is 12.0. The van der Waals surface area contributed by atoms with Crippen molar-refractivity contribution in [2.75, 3.05) is 0 Å². The quantitative estimate of drug-likeness (QED) is 0.477. The van der Waals surface area contributed by atoms with E-state index in [4.69, 9.17) is 0 Å². The summed E-state index contributed by atoms with van der Waals surface area (Å²) in [6, 6.07) is 0. The molecular formula is C12H18. The molecule has 0 spiro atoms. The lowest BCUT2D eigenvalue weighted by molar-refractivity contribution is 0.242. The first-order valence-corrected chi connectivity index (χ1v) is 5.68. The zero-order chi connectivity index (χ0) is 7.97. The van der Waals surface area contributed by atoms with Crippen LogP contribution in [-0.2, 0) is 0 Å². The Kier molecular flexibility index (Phi) is 1.56. The summed E-state index contributed by atoms with van der Waals surface area (Å²) in [5, 5.41) is 0. The number of rotatable bonds is 0. The number of hydrogen-bond acceptors (Lipinski definition) is 0. The summed E-state index contributed by atoms with van der Waals surface area (Å²) in [6.45, 7) is 0. The fraction of sp³-hybridized carbons (Fsp3) is 0.833. The van der Waals surface area contributed by atoms with E-state index in [9.17, 15) is 0 Å². The number of hydrogen-bond donors (Lipinski definition) is 0. The molecule has 0 aliphatic heterocycles. The molecule has 2 fully saturated rings. The highest BCUT2D eigenvalue weighted by molar-refractivity contribution is 5.34. The maximum absolute atomic E-state index is 1.92. The van der Waals surface area contributed by atoms with Crippen LogP contribution in [0.2, 0.25) is 0 Å². The fourth-order valence-electron chi connectivity index (χ4n) is 3.67. The van der Waals surface area contributed by atoms with Crippen LogP contribution in [0.3, 0.4) is 0 Å². The van der Waals surface area contributed by atoms with E-state index < -0.39 is 0 Å². The number of allylic oxidation sites excluding steroid dienone is 2. The van der Waals surface area contributed by atoms with Crippen molar-refractivity contribution < 1.29 is 0 Å². The van der Waals surface area contributed by atoms with Gasteiger partial charge in [-0.2, -0.15) is 0 Å². The Morgan fingerprint density at radius 2 is 1.17 bits per heavy atom. The van der Waals surface area contributed by atoms with Crippen molar-refractivity contribution in [2.45, 2.75) is 51.4 Å². The molecule has 0 bridgehead atoms. The Labute approximate surface area is 75.0 Å². The van der Waals surface area contributed by atoms with E-state index in [1.165, 1.54) is 51.4 Å². The second-order valence-corrected chi connectivity index (χ2v) is 4.76. The van der Waals surface area contributed by atoms with Gasteiger partial charge in [0.25, 0.3) is 0 Å². The van der Waals surface area contributed by atoms with E-state index in [1.807, 2.05) is 11.1 Å². The van der Waals surface area contributed by atoms with Crippen molar-refractivity contribution in [2.24, 2.45) is 11.8 Å². The molecule has 0 aromatic heterocycles. The second-order valence-electron chi connectivity index (χ2n) is 4.76. The highest BCUT2D eigenvalue weighted by Gasteiger charge is 2.41. The van der Waals surface area contributed by atoms with Crippen LogP contribution in [0, 0.1) is 11.8 Å². The summed E-state index contributed by atoms with van der Waals surface area (Å²) in [5.74, 6) is 2.16. The van der Waals surface area contributed by atoms with Crippen LogP contribution in [0.25, 0.3) is 0 Å². The van der Waals surface area contributed by atoms with Gasteiger partial charge < -0.3 is 0 Å². The highest BCUT2D eigenvalue weighted by Crippen LogP contribution is 2.54. The molecule has 0 aromatic rings. The Morgan fingerprint density at radius 1 is 0.667 bits per heavy atom. The molecule has 2 unspecified atom stereocenters. The topological polar surface area (TPSA) is 0 Å². The zero-order valence-corrected chi connectivity index (χ0v) is 7.81. The molecule has 0 heteroatoms. The fourth-order valence-corrected chi connectivity index (χ4v) is 3.67. The van der Waals surface area contributed by atoms with Crippen LogP contribution < -0.4 is 0 Å². The van der Waals surface area contributed by atoms with Gasteiger partial charge in [-0.3, -0.25) is 0 Å². The summed E-state index contributed by atoms with van der Waals surface area (Å²) < 4.78 is 0. The molecule has 12 heavy (non-hydrogen) atoms. The van der Waals surface area contributed by atoms with Gasteiger partial charge >= 0.3 is 0 Å². The van der Waals surface area contributed by atoms with Gasteiger partial charge in [-0.15, -0.1) is 0 Å². The van der Waals surface area contributed by atoms with Crippen LogP contribution in [-0.4, -0.2) is 0 Å². The first-order chi connectivity index (χ1) is 5.97. The van der Waals surface area contributed by atoms with E-state index in [-0.39, 0.29) is 0 Å². The summed E-state index contributed by atoms with van der Waals surface area (Å²) >= 11 is 0. The third-order valence-corrected chi connectivity index (χ3v) is 4.22. The molecule has 0 N–H and O–H groups in total. The molecule has 3 rings (SSSR count).